The molecule has 2 aromatic carbocycles. The van der Waals surface area contributed by atoms with Crippen molar-refractivity contribution < 1.29 is 14.0 Å². The van der Waals surface area contributed by atoms with Crippen LogP contribution in [0.1, 0.15) is 21.9 Å². The minimum absolute atomic E-state index is 0.0928. The summed E-state index contributed by atoms with van der Waals surface area (Å²) in [5, 5.41) is 1.66. The van der Waals surface area contributed by atoms with E-state index in [1.165, 1.54) is 0 Å². The number of carbonyl (C=O) groups is 1. The molecule has 0 spiro atoms. The van der Waals surface area contributed by atoms with Gasteiger partial charge in [-0.3, -0.25) is 9.63 Å². The molecule has 4 rings (SSSR count). The second-order valence-corrected chi connectivity index (χ2v) is 5.61. The summed E-state index contributed by atoms with van der Waals surface area (Å²) in [6, 6.07) is 14.8. The van der Waals surface area contributed by atoms with Gasteiger partial charge < -0.3 is 4.42 Å². The summed E-state index contributed by atoms with van der Waals surface area (Å²) >= 11 is 0. The van der Waals surface area contributed by atoms with E-state index < -0.39 is 0 Å². The fraction of sp³-hybridized carbons (Fsp3) is 0.105. The largest absolute Gasteiger partial charge is 0.456 e. The standard InChI is InChI=1S/C19H15N3O3/c1-12-9-10-20-17(21-12)11-24-22-19(23)14-6-4-8-16-18(14)13-5-2-3-7-15(13)25-16/h2-10H,11H2,1H3,(H,22,23). The molecule has 6 heteroatoms. The van der Waals surface area contributed by atoms with Gasteiger partial charge in [0.1, 0.15) is 17.8 Å². The molecular formula is C19H15N3O3. The van der Waals surface area contributed by atoms with Crippen LogP contribution in [-0.4, -0.2) is 15.9 Å². The highest BCUT2D eigenvalue weighted by Crippen LogP contribution is 2.31. The number of hydrogen-bond acceptors (Lipinski definition) is 5. The van der Waals surface area contributed by atoms with E-state index >= 15 is 0 Å². The summed E-state index contributed by atoms with van der Waals surface area (Å²) in [6.07, 6.45) is 1.65. The Labute approximate surface area is 143 Å². The van der Waals surface area contributed by atoms with Crippen molar-refractivity contribution in [3.8, 4) is 0 Å². The van der Waals surface area contributed by atoms with Crippen molar-refractivity contribution in [1.82, 2.24) is 15.4 Å². The van der Waals surface area contributed by atoms with E-state index in [4.69, 9.17) is 9.25 Å². The fourth-order valence-electron chi connectivity index (χ4n) is 2.76. The number of furan rings is 1. The van der Waals surface area contributed by atoms with Gasteiger partial charge in [0.2, 0.25) is 0 Å². The van der Waals surface area contributed by atoms with E-state index in [2.05, 4.69) is 15.4 Å². The highest BCUT2D eigenvalue weighted by molar-refractivity contribution is 6.16. The normalized spacial score (nSPS) is 11.1. The number of carbonyl (C=O) groups excluding carboxylic acids is 1. The van der Waals surface area contributed by atoms with Crippen LogP contribution in [0.25, 0.3) is 21.9 Å². The average molecular weight is 333 g/mol. The molecule has 25 heavy (non-hydrogen) atoms. The van der Waals surface area contributed by atoms with Crippen molar-refractivity contribution in [2.45, 2.75) is 13.5 Å². The summed E-state index contributed by atoms with van der Waals surface area (Å²) < 4.78 is 5.79. The Hall–Kier alpha value is -3.25. The molecule has 0 aliphatic carbocycles. The van der Waals surface area contributed by atoms with E-state index in [9.17, 15) is 4.79 Å². The van der Waals surface area contributed by atoms with Crippen LogP contribution >= 0.6 is 0 Å². The molecule has 0 aliphatic rings. The quantitative estimate of drug-likeness (QED) is 0.578. The Morgan fingerprint density at radius 1 is 1.12 bits per heavy atom. The van der Waals surface area contributed by atoms with Crippen molar-refractivity contribution in [2.24, 2.45) is 0 Å². The van der Waals surface area contributed by atoms with Crippen LogP contribution in [0.3, 0.4) is 0 Å². The van der Waals surface area contributed by atoms with Gasteiger partial charge in [-0.25, -0.2) is 15.4 Å². The first-order chi connectivity index (χ1) is 12.2. The lowest BCUT2D eigenvalue weighted by Gasteiger charge is -2.06. The summed E-state index contributed by atoms with van der Waals surface area (Å²) in [5.74, 6) is 0.164. The maximum Gasteiger partial charge on any atom is 0.275 e. The molecule has 124 valence electrons. The summed E-state index contributed by atoms with van der Waals surface area (Å²) in [4.78, 5) is 26.1. The van der Waals surface area contributed by atoms with Gasteiger partial charge in [-0.05, 0) is 31.2 Å². The summed E-state index contributed by atoms with van der Waals surface area (Å²) in [5.41, 5.74) is 5.19. The molecule has 0 aliphatic heterocycles. The van der Waals surface area contributed by atoms with E-state index in [1.54, 1.807) is 24.4 Å². The molecule has 0 atom stereocenters. The zero-order valence-electron chi connectivity index (χ0n) is 13.5. The Morgan fingerprint density at radius 2 is 1.96 bits per heavy atom. The van der Waals surface area contributed by atoms with Gasteiger partial charge in [-0.15, -0.1) is 0 Å². The van der Waals surface area contributed by atoms with Crippen molar-refractivity contribution in [2.75, 3.05) is 0 Å². The predicted molar refractivity (Wildman–Crippen MR) is 92.7 cm³/mol. The Kier molecular flexibility index (Phi) is 3.87. The lowest BCUT2D eigenvalue weighted by molar-refractivity contribution is 0.0210. The van der Waals surface area contributed by atoms with Gasteiger partial charge in [0, 0.05) is 22.7 Å². The predicted octanol–water partition coefficient (Wildman–Crippen LogP) is 3.55. The van der Waals surface area contributed by atoms with Crippen LogP contribution in [-0.2, 0) is 11.4 Å². The van der Waals surface area contributed by atoms with Crippen LogP contribution in [0.4, 0.5) is 0 Å². The van der Waals surface area contributed by atoms with Gasteiger partial charge in [-0.2, -0.15) is 0 Å². The third kappa shape index (κ3) is 2.95. The molecule has 0 fully saturated rings. The third-order valence-electron chi connectivity index (χ3n) is 3.86. The number of aromatic nitrogens is 2. The van der Waals surface area contributed by atoms with Crippen molar-refractivity contribution >= 4 is 27.8 Å². The maximum absolute atomic E-state index is 12.5. The van der Waals surface area contributed by atoms with Gasteiger partial charge in [0.05, 0.1) is 5.56 Å². The molecule has 0 unspecified atom stereocenters. The number of nitrogens with zero attached hydrogens (tertiary/aromatic N) is 2. The monoisotopic (exact) mass is 333 g/mol. The first-order valence-electron chi connectivity index (χ1n) is 7.83. The molecular weight excluding hydrogens is 318 g/mol. The number of rotatable bonds is 4. The molecule has 0 bridgehead atoms. The molecule has 1 amide bonds. The molecule has 2 aromatic heterocycles. The first kappa shape index (κ1) is 15.3. The van der Waals surface area contributed by atoms with Crippen LogP contribution in [0.15, 0.2) is 59.1 Å². The van der Waals surface area contributed by atoms with E-state index in [0.29, 0.717) is 17.0 Å². The SMILES string of the molecule is Cc1ccnc(CONC(=O)c2cccc3oc4ccccc4c23)n1. The van der Waals surface area contributed by atoms with Crippen molar-refractivity contribution in [3.63, 3.8) is 0 Å². The zero-order chi connectivity index (χ0) is 17.2. The van der Waals surface area contributed by atoms with E-state index in [0.717, 1.165) is 22.0 Å². The number of amides is 1. The number of fused-ring (bicyclic) bond motifs is 3. The van der Waals surface area contributed by atoms with Crippen LogP contribution in [0, 0.1) is 6.92 Å². The lowest BCUT2D eigenvalue weighted by atomic mass is 10.1. The summed E-state index contributed by atoms with van der Waals surface area (Å²) in [6.45, 7) is 1.96. The Bertz CT molecular complexity index is 1070. The molecule has 6 nitrogen and oxygen atoms in total. The topological polar surface area (TPSA) is 77.2 Å². The average Bonchev–Trinajstić information content (AvgIpc) is 3.00. The number of benzene rings is 2. The molecule has 1 N–H and O–H groups in total. The van der Waals surface area contributed by atoms with Crippen molar-refractivity contribution in [3.05, 3.63) is 71.8 Å². The van der Waals surface area contributed by atoms with E-state index in [1.807, 2.05) is 37.3 Å². The Morgan fingerprint density at radius 3 is 2.84 bits per heavy atom. The highest BCUT2D eigenvalue weighted by Gasteiger charge is 2.16. The molecule has 4 aromatic rings. The molecule has 0 radical (unpaired) electrons. The summed E-state index contributed by atoms with van der Waals surface area (Å²) in [7, 11) is 0. The number of aryl methyl sites for hydroxylation is 1. The second-order valence-electron chi connectivity index (χ2n) is 5.61. The van der Waals surface area contributed by atoms with Gasteiger partial charge in [-0.1, -0.05) is 24.3 Å². The molecule has 2 heterocycles. The maximum atomic E-state index is 12.5. The minimum Gasteiger partial charge on any atom is -0.456 e. The molecule has 0 saturated carbocycles. The number of para-hydroxylation sites is 1. The van der Waals surface area contributed by atoms with Crippen LogP contribution in [0.2, 0.25) is 0 Å². The van der Waals surface area contributed by atoms with Crippen molar-refractivity contribution in [1.29, 1.82) is 0 Å². The van der Waals surface area contributed by atoms with Gasteiger partial charge >= 0.3 is 0 Å². The van der Waals surface area contributed by atoms with Gasteiger partial charge in [0.15, 0.2) is 5.82 Å². The minimum atomic E-state index is -0.343. The van der Waals surface area contributed by atoms with Gasteiger partial charge in [0.25, 0.3) is 5.91 Å². The first-order valence-corrected chi connectivity index (χ1v) is 7.83. The smallest absolute Gasteiger partial charge is 0.275 e. The number of hydrogen-bond donors (Lipinski definition) is 1. The number of nitrogens with one attached hydrogen (secondary N) is 1. The highest BCUT2D eigenvalue weighted by atomic mass is 16.7. The van der Waals surface area contributed by atoms with Crippen LogP contribution < -0.4 is 5.48 Å². The second kappa shape index (κ2) is 6.33. The lowest BCUT2D eigenvalue weighted by Crippen LogP contribution is -2.24. The number of hydroxylamine groups is 1. The third-order valence-corrected chi connectivity index (χ3v) is 3.86. The van der Waals surface area contributed by atoms with E-state index in [-0.39, 0.29) is 12.5 Å². The zero-order valence-corrected chi connectivity index (χ0v) is 13.5. The Balaban J connectivity index is 1.58. The molecule has 0 saturated heterocycles. The fourth-order valence-corrected chi connectivity index (χ4v) is 2.76. The van der Waals surface area contributed by atoms with Crippen LogP contribution in [0.5, 0.6) is 0 Å².